The topological polar surface area (TPSA) is 53.6 Å². The summed E-state index contributed by atoms with van der Waals surface area (Å²) in [5, 5.41) is 6.32. The lowest BCUT2D eigenvalue weighted by molar-refractivity contribution is -0.128. The molecule has 2 N–H and O–H groups in total. The Labute approximate surface area is 145 Å². The highest BCUT2D eigenvalue weighted by molar-refractivity contribution is 5.85. The minimum absolute atomic E-state index is 0. The number of para-hydroxylation sites is 1. The molecule has 2 rings (SSSR count). The van der Waals surface area contributed by atoms with Crippen LogP contribution in [-0.4, -0.2) is 56.2 Å². The van der Waals surface area contributed by atoms with E-state index in [1.165, 1.54) is 0 Å². The van der Waals surface area contributed by atoms with E-state index in [-0.39, 0.29) is 18.3 Å². The van der Waals surface area contributed by atoms with Crippen LogP contribution in [0, 0.1) is 6.92 Å². The first-order valence-electron chi connectivity index (χ1n) is 8.13. The molecule has 1 saturated heterocycles. The van der Waals surface area contributed by atoms with Crippen LogP contribution in [0.2, 0.25) is 0 Å². The van der Waals surface area contributed by atoms with E-state index in [2.05, 4.69) is 15.5 Å². The van der Waals surface area contributed by atoms with Gasteiger partial charge in [0.1, 0.15) is 5.75 Å². The number of piperazine rings is 1. The molecule has 130 valence electrons. The number of nitrogens with zero attached hydrogens (tertiary/aromatic N) is 1. The van der Waals surface area contributed by atoms with Crippen LogP contribution in [0.15, 0.2) is 24.3 Å². The summed E-state index contributed by atoms with van der Waals surface area (Å²) in [5.41, 5.74) is 1.05. The van der Waals surface area contributed by atoms with Gasteiger partial charge in [-0.25, -0.2) is 0 Å². The monoisotopic (exact) mass is 341 g/mol. The van der Waals surface area contributed by atoms with Crippen LogP contribution >= 0.6 is 12.4 Å². The maximum atomic E-state index is 12.3. The first-order valence-corrected chi connectivity index (χ1v) is 8.13. The van der Waals surface area contributed by atoms with Gasteiger partial charge >= 0.3 is 0 Å². The predicted molar refractivity (Wildman–Crippen MR) is 95.5 cm³/mol. The van der Waals surface area contributed by atoms with Crippen LogP contribution in [0.25, 0.3) is 0 Å². The van der Waals surface area contributed by atoms with Crippen LogP contribution in [-0.2, 0) is 4.79 Å². The van der Waals surface area contributed by atoms with Crippen molar-refractivity contribution in [1.82, 2.24) is 15.5 Å². The van der Waals surface area contributed by atoms with Gasteiger partial charge in [0.2, 0.25) is 0 Å². The van der Waals surface area contributed by atoms with E-state index in [4.69, 9.17) is 4.74 Å². The van der Waals surface area contributed by atoms with Gasteiger partial charge in [-0.15, -0.1) is 12.4 Å². The number of benzene rings is 1. The molecule has 0 aromatic heterocycles. The van der Waals surface area contributed by atoms with Crippen molar-refractivity contribution in [2.24, 2.45) is 0 Å². The van der Waals surface area contributed by atoms with Gasteiger partial charge in [0.15, 0.2) is 6.10 Å². The summed E-state index contributed by atoms with van der Waals surface area (Å²) in [7, 11) is 0. The van der Waals surface area contributed by atoms with Crippen LogP contribution in [0.1, 0.15) is 18.9 Å². The highest BCUT2D eigenvalue weighted by Crippen LogP contribution is 2.18. The van der Waals surface area contributed by atoms with E-state index < -0.39 is 6.10 Å². The third-order valence-corrected chi connectivity index (χ3v) is 3.96. The summed E-state index contributed by atoms with van der Waals surface area (Å²) < 4.78 is 5.86. The summed E-state index contributed by atoms with van der Waals surface area (Å²) in [6.07, 6.45) is 0.234. The van der Waals surface area contributed by atoms with Gasteiger partial charge in [-0.2, -0.15) is 0 Å². The molecule has 6 heteroatoms. The number of carbonyl (C=O) groups excluding carboxylic acids is 1. The number of nitrogens with one attached hydrogen (secondary N) is 2. The van der Waals surface area contributed by atoms with Crippen LogP contribution in [0.3, 0.4) is 0 Å². The predicted octanol–water partition coefficient (Wildman–Crippen LogP) is 1.60. The fourth-order valence-electron chi connectivity index (χ4n) is 2.55. The number of ether oxygens (including phenoxy) is 1. The minimum Gasteiger partial charge on any atom is -0.480 e. The zero-order valence-electron chi connectivity index (χ0n) is 14.0. The van der Waals surface area contributed by atoms with Crippen molar-refractivity contribution in [2.75, 3.05) is 39.3 Å². The summed E-state index contributed by atoms with van der Waals surface area (Å²) in [4.78, 5) is 14.6. The minimum atomic E-state index is -0.427. The molecule has 0 saturated carbocycles. The average molecular weight is 342 g/mol. The Morgan fingerprint density at radius 1 is 1.35 bits per heavy atom. The van der Waals surface area contributed by atoms with Crippen molar-refractivity contribution in [3.8, 4) is 5.75 Å². The molecule has 1 aromatic rings. The third-order valence-electron chi connectivity index (χ3n) is 3.96. The fraction of sp³-hybridized carbons (Fsp3) is 0.588. The molecular weight excluding hydrogens is 314 g/mol. The molecule has 1 atom stereocenters. The first kappa shape index (κ1) is 19.7. The second-order valence-electron chi connectivity index (χ2n) is 5.66. The zero-order valence-corrected chi connectivity index (χ0v) is 14.8. The van der Waals surface area contributed by atoms with Gasteiger partial charge in [-0.1, -0.05) is 25.1 Å². The van der Waals surface area contributed by atoms with E-state index >= 15 is 0 Å². The van der Waals surface area contributed by atoms with E-state index in [1.807, 2.05) is 38.1 Å². The Kier molecular flexibility index (Phi) is 8.99. The molecule has 0 spiro atoms. The number of amides is 1. The molecule has 23 heavy (non-hydrogen) atoms. The second-order valence-corrected chi connectivity index (χ2v) is 5.66. The van der Waals surface area contributed by atoms with Crippen LogP contribution in [0.5, 0.6) is 5.75 Å². The zero-order chi connectivity index (χ0) is 15.8. The number of halogens is 1. The lowest BCUT2D eigenvalue weighted by Crippen LogP contribution is -2.47. The quantitative estimate of drug-likeness (QED) is 0.791. The maximum absolute atomic E-state index is 12.3. The molecule has 1 aliphatic rings. The molecule has 1 unspecified atom stereocenters. The number of rotatable bonds is 7. The van der Waals surface area contributed by atoms with Crippen molar-refractivity contribution in [3.05, 3.63) is 29.8 Å². The smallest absolute Gasteiger partial charge is 0.261 e. The molecule has 1 heterocycles. The number of hydrogen-bond donors (Lipinski definition) is 2. The van der Waals surface area contributed by atoms with Crippen molar-refractivity contribution in [2.45, 2.75) is 26.4 Å². The van der Waals surface area contributed by atoms with Crippen LogP contribution < -0.4 is 15.4 Å². The van der Waals surface area contributed by atoms with Crippen LogP contribution in [0.4, 0.5) is 0 Å². The molecule has 1 amide bonds. The van der Waals surface area contributed by atoms with Crippen molar-refractivity contribution in [3.63, 3.8) is 0 Å². The Hall–Kier alpha value is -1.30. The molecular formula is C17H28ClN3O2. The first-order chi connectivity index (χ1) is 10.7. The fourth-order valence-corrected chi connectivity index (χ4v) is 2.55. The molecule has 5 nitrogen and oxygen atoms in total. The van der Waals surface area contributed by atoms with Gasteiger partial charge in [0.05, 0.1) is 0 Å². The molecule has 0 radical (unpaired) electrons. The number of hydrogen-bond acceptors (Lipinski definition) is 4. The largest absolute Gasteiger partial charge is 0.480 e. The Morgan fingerprint density at radius 3 is 2.70 bits per heavy atom. The Morgan fingerprint density at radius 2 is 2.04 bits per heavy atom. The highest BCUT2D eigenvalue weighted by atomic mass is 35.5. The van der Waals surface area contributed by atoms with E-state index in [0.717, 1.165) is 44.0 Å². The summed E-state index contributed by atoms with van der Waals surface area (Å²) in [5.74, 6) is 0.757. The molecule has 0 aliphatic carbocycles. The SMILES string of the molecule is CCC(Oc1ccccc1C)C(=O)NCCN1CCNCC1.Cl. The standard InChI is InChI=1S/C17H27N3O2.ClH/c1-3-15(22-16-7-5-4-6-14(16)2)17(21)19-10-13-20-11-8-18-9-12-20;/h4-7,15,18H,3,8-13H2,1-2H3,(H,19,21);1H. The summed E-state index contributed by atoms with van der Waals surface area (Å²) >= 11 is 0. The van der Waals surface area contributed by atoms with E-state index in [1.54, 1.807) is 0 Å². The maximum Gasteiger partial charge on any atom is 0.261 e. The number of aryl methyl sites for hydroxylation is 1. The lowest BCUT2D eigenvalue weighted by Gasteiger charge is -2.27. The van der Waals surface area contributed by atoms with Gasteiger partial charge in [-0.05, 0) is 25.0 Å². The molecule has 1 aromatic carbocycles. The highest BCUT2D eigenvalue weighted by Gasteiger charge is 2.19. The molecule has 1 fully saturated rings. The molecule has 0 bridgehead atoms. The van der Waals surface area contributed by atoms with E-state index in [0.29, 0.717) is 13.0 Å². The molecule has 1 aliphatic heterocycles. The third kappa shape index (κ3) is 6.37. The van der Waals surface area contributed by atoms with Gasteiger partial charge < -0.3 is 15.4 Å². The van der Waals surface area contributed by atoms with Gasteiger partial charge in [0.25, 0.3) is 5.91 Å². The Balaban J connectivity index is 0.00000264. The van der Waals surface area contributed by atoms with Gasteiger partial charge in [-0.3, -0.25) is 9.69 Å². The second kappa shape index (κ2) is 10.5. The normalized spacial score (nSPS) is 16.3. The van der Waals surface area contributed by atoms with Crippen molar-refractivity contribution in [1.29, 1.82) is 0 Å². The average Bonchev–Trinajstić information content (AvgIpc) is 2.55. The Bertz CT molecular complexity index is 479. The van der Waals surface area contributed by atoms with Crippen molar-refractivity contribution < 1.29 is 9.53 Å². The lowest BCUT2D eigenvalue weighted by atomic mass is 10.2. The number of carbonyl (C=O) groups is 1. The van der Waals surface area contributed by atoms with Crippen molar-refractivity contribution >= 4 is 18.3 Å². The summed E-state index contributed by atoms with van der Waals surface area (Å²) in [6, 6.07) is 7.80. The summed E-state index contributed by atoms with van der Waals surface area (Å²) in [6.45, 7) is 9.69. The van der Waals surface area contributed by atoms with Gasteiger partial charge in [0, 0.05) is 39.3 Å². The van der Waals surface area contributed by atoms with E-state index in [9.17, 15) is 4.79 Å².